The van der Waals surface area contributed by atoms with Gasteiger partial charge in [0.25, 0.3) is 5.91 Å². The van der Waals surface area contributed by atoms with Crippen LogP contribution in [0.1, 0.15) is 18.1 Å². The Labute approximate surface area is 168 Å². The number of hydrogen-bond acceptors (Lipinski definition) is 5. The largest absolute Gasteiger partial charge is 0.479 e. The second-order valence-corrected chi connectivity index (χ2v) is 6.14. The lowest BCUT2D eigenvalue weighted by Crippen LogP contribution is -2.35. The van der Waals surface area contributed by atoms with Gasteiger partial charge in [-0.1, -0.05) is 41.9 Å². The first-order valence-corrected chi connectivity index (χ1v) is 8.87. The van der Waals surface area contributed by atoms with Crippen LogP contribution in [0.15, 0.2) is 54.6 Å². The van der Waals surface area contributed by atoms with Crippen molar-refractivity contribution in [3.63, 3.8) is 0 Å². The zero-order chi connectivity index (χ0) is 20.4. The molecule has 2 aromatic carbocycles. The first-order valence-electron chi connectivity index (χ1n) is 8.49. The van der Waals surface area contributed by atoms with E-state index < -0.39 is 18.0 Å². The fraction of sp³-hybridized carbons (Fsp3) is 0.190. The van der Waals surface area contributed by atoms with Crippen LogP contribution in [-0.4, -0.2) is 24.6 Å². The van der Waals surface area contributed by atoms with Crippen LogP contribution in [0, 0.1) is 11.3 Å². The lowest BCUT2D eigenvalue weighted by molar-refractivity contribution is -0.150. The van der Waals surface area contributed by atoms with Crippen molar-refractivity contribution < 1.29 is 19.1 Å². The number of nitriles is 1. The third-order valence-electron chi connectivity index (χ3n) is 3.67. The molecule has 1 atom stereocenters. The summed E-state index contributed by atoms with van der Waals surface area (Å²) in [5.41, 5.74) is 1.52. The van der Waals surface area contributed by atoms with Gasteiger partial charge in [-0.05, 0) is 42.3 Å². The lowest BCUT2D eigenvalue weighted by Gasteiger charge is -2.13. The Hall–Kier alpha value is -3.30. The summed E-state index contributed by atoms with van der Waals surface area (Å²) >= 11 is 6.04. The number of benzene rings is 2. The molecule has 1 N–H and O–H groups in total. The fourth-order valence-corrected chi connectivity index (χ4v) is 2.39. The molecular weight excluding hydrogens is 380 g/mol. The van der Waals surface area contributed by atoms with E-state index in [0.717, 1.165) is 11.1 Å². The van der Waals surface area contributed by atoms with Crippen LogP contribution in [0.5, 0.6) is 5.75 Å². The Morgan fingerprint density at radius 1 is 1.21 bits per heavy atom. The van der Waals surface area contributed by atoms with Crippen molar-refractivity contribution in [1.29, 1.82) is 5.26 Å². The zero-order valence-corrected chi connectivity index (χ0v) is 16.0. The van der Waals surface area contributed by atoms with E-state index in [1.54, 1.807) is 48.5 Å². The predicted octanol–water partition coefficient (Wildman–Crippen LogP) is 3.50. The number of ether oxygens (including phenoxy) is 2. The number of carbonyl (C=O) groups is 2. The highest BCUT2D eigenvalue weighted by atomic mass is 35.5. The van der Waals surface area contributed by atoms with Gasteiger partial charge in [-0.15, -0.1) is 0 Å². The molecule has 0 fully saturated rings. The van der Waals surface area contributed by atoms with Crippen molar-refractivity contribution in [2.75, 3.05) is 6.61 Å². The van der Waals surface area contributed by atoms with Gasteiger partial charge in [0.2, 0.25) is 0 Å². The van der Waals surface area contributed by atoms with Gasteiger partial charge in [0.1, 0.15) is 11.8 Å². The fourth-order valence-electron chi connectivity index (χ4n) is 2.19. The highest BCUT2D eigenvalue weighted by Crippen LogP contribution is 2.15. The first-order chi connectivity index (χ1) is 13.5. The minimum absolute atomic E-state index is 0.0298. The smallest absolute Gasteiger partial charge is 0.331 e. The molecule has 2 aromatic rings. The van der Waals surface area contributed by atoms with Crippen LogP contribution in [0.4, 0.5) is 0 Å². The summed E-state index contributed by atoms with van der Waals surface area (Å²) in [5, 5.41) is 11.7. The average Bonchev–Trinajstić information content (AvgIpc) is 2.70. The SMILES string of the molecule is CC(OC(=O)/C=C/c1ccc(OCC#N)cc1)C(=O)NCc1ccccc1Cl. The van der Waals surface area contributed by atoms with Crippen molar-refractivity contribution in [3.8, 4) is 11.8 Å². The molecular formula is C21H19ClN2O4. The number of halogens is 1. The van der Waals surface area contributed by atoms with E-state index in [-0.39, 0.29) is 13.2 Å². The Morgan fingerprint density at radius 3 is 2.61 bits per heavy atom. The monoisotopic (exact) mass is 398 g/mol. The van der Waals surface area contributed by atoms with Gasteiger partial charge in [0, 0.05) is 17.6 Å². The highest BCUT2D eigenvalue weighted by Gasteiger charge is 2.16. The molecule has 1 unspecified atom stereocenters. The normalized spacial score (nSPS) is 11.5. The van der Waals surface area contributed by atoms with Gasteiger partial charge in [-0.3, -0.25) is 4.79 Å². The maximum atomic E-state index is 12.1. The molecule has 0 aliphatic carbocycles. The third-order valence-corrected chi connectivity index (χ3v) is 4.04. The average molecular weight is 399 g/mol. The van der Waals surface area contributed by atoms with E-state index in [1.807, 2.05) is 12.1 Å². The standard InChI is InChI=1S/C21H19ClN2O4/c1-15(21(26)24-14-17-4-2-3-5-19(17)22)28-20(25)11-8-16-6-9-18(10-7-16)27-13-12-23/h2-11,15H,13-14H2,1H3,(H,24,26)/b11-8+. The van der Waals surface area contributed by atoms with E-state index in [4.69, 9.17) is 26.3 Å². The van der Waals surface area contributed by atoms with Gasteiger partial charge in [0.05, 0.1) is 0 Å². The summed E-state index contributed by atoms with van der Waals surface area (Å²) in [6.45, 7) is 1.71. The molecule has 0 aliphatic heterocycles. The molecule has 0 heterocycles. The second-order valence-electron chi connectivity index (χ2n) is 5.74. The van der Waals surface area contributed by atoms with Crippen molar-refractivity contribution >= 4 is 29.6 Å². The molecule has 0 saturated carbocycles. The first kappa shape index (κ1) is 21.0. The number of rotatable bonds is 8. The van der Waals surface area contributed by atoms with Crippen LogP contribution < -0.4 is 10.1 Å². The summed E-state index contributed by atoms with van der Waals surface area (Å²) in [4.78, 5) is 24.0. The minimum Gasteiger partial charge on any atom is -0.479 e. The zero-order valence-electron chi connectivity index (χ0n) is 15.2. The summed E-state index contributed by atoms with van der Waals surface area (Å²) in [6, 6.07) is 15.9. The molecule has 144 valence electrons. The van der Waals surface area contributed by atoms with Crippen LogP contribution in [0.3, 0.4) is 0 Å². The Balaban J connectivity index is 1.81. The summed E-state index contributed by atoms with van der Waals surface area (Å²) in [5.74, 6) is -0.490. The minimum atomic E-state index is -0.943. The molecule has 1 amide bonds. The third kappa shape index (κ3) is 6.78. The Morgan fingerprint density at radius 2 is 1.93 bits per heavy atom. The van der Waals surface area contributed by atoms with Gasteiger partial charge in [0.15, 0.2) is 12.7 Å². The Bertz CT molecular complexity index is 888. The van der Waals surface area contributed by atoms with Gasteiger partial charge >= 0.3 is 5.97 Å². The number of amides is 1. The van der Waals surface area contributed by atoms with E-state index in [9.17, 15) is 9.59 Å². The summed E-state index contributed by atoms with van der Waals surface area (Å²) < 4.78 is 10.2. The van der Waals surface area contributed by atoms with Crippen molar-refractivity contribution in [2.24, 2.45) is 0 Å². The quantitative estimate of drug-likeness (QED) is 0.543. The van der Waals surface area contributed by atoms with Crippen molar-refractivity contribution in [2.45, 2.75) is 19.6 Å². The molecule has 6 nitrogen and oxygen atoms in total. The molecule has 0 radical (unpaired) electrons. The van der Waals surface area contributed by atoms with Crippen LogP contribution in [-0.2, 0) is 20.9 Å². The second kappa shape index (κ2) is 10.8. The summed E-state index contributed by atoms with van der Waals surface area (Å²) in [6.07, 6.45) is 1.86. The van der Waals surface area contributed by atoms with Crippen molar-refractivity contribution in [1.82, 2.24) is 5.32 Å². The lowest BCUT2D eigenvalue weighted by atomic mass is 10.2. The van der Waals surface area contributed by atoms with E-state index in [2.05, 4.69) is 5.32 Å². The van der Waals surface area contributed by atoms with Gasteiger partial charge in [-0.2, -0.15) is 5.26 Å². The molecule has 0 saturated heterocycles. The van der Waals surface area contributed by atoms with E-state index in [0.29, 0.717) is 10.8 Å². The maximum absolute atomic E-state index is 12.1. The molecule has 0 bridgehead atoms. The maximum Gasteiger partial charge on any atom is 0.331 e. The van der Waals surface area contributed by atoms with Gasteiger partial charge < -0.3 is 14.8 Å². The molecule has 0 aromatic heterocycles. The number of carbonyl (C=O) groups excluding carboxylic acids is 2. The number of esters is 1. The topological polar surface area (TPSA) is 88.4 Å². The van der Waals surface area contributed by atoms with Crippen molar-refractivity contribution in [3.05, 3.63) is 70.8 Å². The van der Waals surface area contributed by atoms with Crippen LogP contribution in [0.2, 0.25) is 5.02 Å². The van der Waals surface area contributed by atoms with Crippen LogP contribution >= 0.6 is 11.6 Å². The summed E-state index contributed by atoms with van der Waals surface area (Å²) in [7, 11) is 0. The molecule has 0 aliphatic rings. The number of nitrogens with zero attached hydrogens (tertiary/aromatic N) is 1. The van der Waals surface area contributed by atoms with E-state index >= 15 is 0 Å². The highest BCUT2D eigenvalue weighted by molar-refractivity contribution is 6.31. The van der Waals surface area contributed by atoms with E-state index in [1.165, 1.54) is 13.0 Å². The number of nitrogens with one attached hydrogen (secondary N) is 1. The number of hydrogen-bond donors (Lipinski definition) is 1. The molecule has 0 spiro atoms. The van der Waals surface area contributed by atoms with Crippen LogP contribution in [0.25, 0.3) is 6.08 Å². The molecule has 7 heteroatoms. The molecule has 2 rings (SSSR count). The predicted molar refractivity (Wildman–Crippen MR) is 105 cm³/mol. The Kier molecular flexibility index (Phi) is 8.07. The molecule has 28 heavy (non-hydrogen) atoms. The van der Waals surface area contributed by atoms with Gasteiger partial charge in [-0.25, -0.2) is 4.79 Å².